The SMILES string of the molecule is CCC(C)c1ccc(C(=O)N2CCN(C(=O)c3cc[nH]c3)CC2)cc1. The molecule has 0 spiro atoms. The predicted molar refractivity (Wildman–Crippen MR) is 97.7 cm³/mol. The Balaban J connectivity index is 1.59. The highest BCUT2D eigenvalue weighted by Crippen LogP contribution is 2.20. The van der Waals surface area contributed by atoms with E-state index in [1.807, 2.05) is 29.2 Å². The number of hydrogen-bond donors (Lipinski definition) is 1. The molecule has 5 nitrogen and oxygen atoms in total. The number of amides is 2. The van der Waals surface area contributed by atoms with Crippen molar-refractivity contribution in [3.05, 3.63) is 59.4 Å². The van der Waals surface area contributed by atoms with Crippen LogP contribution in [0.5, 0.6) is 0 Å². The number of piperazine rings is 1. The molecule has 1 saturated heterocycles. The normalized spacial score (nSPS) is 15.9. The molecule has 5 heteroatoms. The third-order valence-electron chi connectivity index (χ3n) is 5.04. The van der Waals surface area contributed by atoms with Gasteiger partial charge in [-0.3, -0.25) is 9.59 Å². The number of nitrogens with zero attached hydrogens (tertiary/aromatic N) is 2. The molecule has 1 fully saturated rings. The molecule has 2 aromatic rings. The summed E-state index contributed by atoms with van der Waals surface area (Å²) < 4.78 is 0. The Morgan fingerprint density at radius 3 is 2.00 bits per heavy atom. The minimum absolute atomic E-state index is 0.0197. The van der Waals surface area contributed by atoms with Crippen LogP contribution in [-0.4, -0.2) is 52.8 Å². The lowest BCUT2D eigenvalue weighted by atomic mass is 9.97. The number of H-pyrrole nitrogens is 1. The van der Waals surface area contributed by atoms with E-state index < -0.39 is 0 Å². The van der Waals surface area contributed by atoms with Crippen LogP contribution in [0.2, 0.25) is 0 Å². The van der Waals surface area contributed by atoms with Crippen molar-refractivity contribution in [2.45, 2.75) is 26.2 Å². The molecule has 0 aliphatic carbocycles. The van der Waals surface area contributed by atoms with Crippen LogP contribution in [0.1, 0.15) is 52.5 Å². The lowest BCUT2D eigenvalue weighted by molar-refractivity contribution is 0.0535. The molecular weight excluding hydrogens is 314 g/mol. The van der Waals surface area contributed by atoms with Gasteiger partial charge >= 0.3 is 0 Å². The minimum Gasteiger partial charge on any atom is -0.367 e. The van der Waals surface area contributed by atoms with Gasteiger partial charge in [-0.05, 0) is 36.1 Å². The van der Waals surface area contributed by atoms with Gasteiger partial charge < -0.3 is 14.8 Å². The number of nitrogens with one attached hydrogen (secondary N) is 1. The van der Waals surface area contributed by atoms with Gasteiger partial charge in [-0.25, -0.2) is 0 Å². The van der Waals surface area contributed by atoms with Gasteiger partial charge in [0.25, 0.3) is 11.8 Å². The van der Waals surface area contributed by atoms with Gasteiger partial charge in [0.05, 0.1) is 5.56 Å². The number of carbonyl (C=O) groups is 2. The van der Waals surface area contributed by atoms with Gasteiger partial charge in [-0.2, -0.15) is 0 Å². The van der Waals surface area contributed by atoms with E-state index in [1.54, 1.807) is 23.4 Å². The Morgan fingerprint density at radius 1 is 0.960 bits per heavy atom. The van der Waals surface area contributed by atoms with Crippen LogP contribution in [0.4, 0.5) is 0 Å². The number of aromatic amines is 1. The zero-order valence-corrected chi connectivity index (χ0v) is 14.9. The van der Waals surface area contributed by atoms with E-state index in [0.717, 1.165) is 12.0 Å². The molecule has 0 radical (unpaired) electrons. The van der Waals surface area contributed by atoms with Gasteiger partial charge in [-0.1, -0.05) is 26.0 Å². The second-order valence-electron chi connectivity index (χ2n) is 6.62. The molecule has 1 unspecified atom stereocenters. The Hall–Kier alpha value is -2.56. The Bertz CT molecular complexity index is 714. The van der Waals surface area contributed by atoms with Gasteiger partial charge in [0.1, 0.15) is 0 Å². The molecule has 132 valence electrons. The van der Waals surface area contributed by atoms with Crippen molar-refractivity contribution >= 4 is 11.8 Å². The molecule has 1 aromatic heterocycles. The van der Waals surface area contributed by atoms with Crippen molar-refractivity contribution in [2.24, 2.45) is 0 Å². The third kappa shape index (κ3) is 3.76. The molecule has 25 heavy (non-hydrogen) atoms. The third-order valence-corrected chi connectivity index (χ3v) is 5.04. The van der Waals surface area contributed by atoms with E-state index in [4.69, 9.17) is 0 Å². The molecule has 1 N–H and O–H groups in total. The van der Waals surface area contributed by atoms with Crippen LogP contribution >= 0.6 is 0 Å². The molecule has 1 atom stereocenters. The van der Waals surface area contributed by atoms with Crippen molar-refractivity contribution in [3.63, 3.8) is 0 Å². The average Bonchev–Trinajstić information content (AvgIpc) is 3.21. The first-order chi connectivity index (χ1) is 12.1. The fourth-order valence-electron chi connectivity index (χ4n) is 3.12. The topological polar surface area (TPSA) is 56.4 Å². The zero-order chi connectivity index (χ0) is 17.8. The fourth-order valence-corrected chi connectivity index (χ4v) is 3.12. The molecule has 1 aliphatic rings. The molecule has 0 bridgehead atoms. The first kappa shape index (κ1) is 17.3. The fraction of sp³-hybridized carbons (Fsp3) is 0.400. The summed E-state index contributed by atoms with van der Waals surface area (Å²) in [6.07, 6.45) is 4.54. The number of aromatic nitrogens is 1. The molecule has 1 aromatic carbocycles. The Labute approximate surface area is 148 Å². The maximum absolute atomic E-state index is 12.7. The van der Waals surface area contributed by atoms with Gasteiger partial charge in [0.2, 0.25) is 0 Å². The summed E-state index contributed by atoms with van der Waals surface area (Å²) in [7, 11) is 0. The van der Waals surface area contributed by atoms with Crippen LogP contribution < -0.4 is 0 Å². The number of benzene rings is 1. The van der Waals surface area contributed by atoms with Crippen molar-refractivity contribution in [1.29, 1.82) is 0 Å². The molecule has 0 saturated carbocycles. The summed E-state index contributed by atoms with van der Waals surface area (Å²) in [5.74, 6) is 0.572. The predicted octanol–water partition coefficient (Wildman–Crippen LogP) is 3.13. The maximum Gasteiger partial charge on any atom is 0.255 e. The summed E-state index contributed by atoms with van der Waals surface area (Å²) in [6.45, 7) is 6.64. The highest BCUT2D eigenvalue weighted by atomic mass is 16.2. The van der Waals surface area contributed by atoms with E-state index >= 15 is 0 Å². The highest BCUT2D eigenvalue weighted by molar-refractivity contribution is 5.95. The summed E-state index contributed by atoms with van der Waals surface area (Å²) in [5, 5.41) is 0. The monoisotopic (exact) mass is 339 g/mol. The summed E-state index contributed by atoms with van der Waals surface area (Å²) in [4.78, 5) is 31.6. The maximum atomic E-state index is 12.7. The standard InChI is InChI=1S/C20H25N3O2/c1-3-15(2)16-4-6-17(7-5-16)19(24)22-10-12-23(13-11-22)20(25)18-8-9-21-14-18/h4-9,14-15,21H,3,10-13H2,1-2H3. The largest absolute Gasteiger partial charge is 0.367 e. The summed E-state index contributed by atoms with van der Waals surface area (Å²) in [6, 6.07) is 9.71. The number of rotatable bonds is 4. The summed E-state index contributed by atoms with van der Waals surface area (Å²) in [5.41, 5.74) is 2.65. The van der Waals surface area contributed by atoms with Crippen LogP contribution in [-0.2, 0) is 0 Å². The van der Waals surface area contributed by atoms with E-state index in [9.17, 15) is 9.59 Å². The second-order valence-corrected chi connectivity index (χ2v) is 6.62. The Kier molecular flexibility index (Phi) is 5.22. The lowest BCUT2D eigenvalue weighted by Gasteiger charge is -2.34. The van der Waals surface area contributed by atoms with Crippen molar-refractivity contribution in [2.75, 3.05) is 26.2 Å². The van der Waals surface area contributed by atoms with Crippen molar-refractivity contribution in [1.82, 2.24) is 14.8 Å². The second kappa shape index (κ2) is 7.55. The first-order valence-electron chi connectivity index (χ1n) is 8.91. The molecular formula is C20H25N3O2. The van der Waals surface area contributed by atoms with Gasteiger partial charge in [-0.15, -0.1) is 0 Å². The number of carbonyl (C=O) groups excluding carboxylic acids is 2. The van der Waals surface area contributed by atoms with Crippen molar-refractivity contribution < 1.29 is 9.59 Å². The van der Waals surface area contributed by atoms with E-state index in [-0.39, 0.29) is 11.8 Å². The van der Waals surface area contributed by atoms with Crippen LogP contribution in [0, 0.1) is 0 Å². The van der Waals surface area contributed by atoms with Crippen LogP contribution in [0.15, 0.2) is 42.7 Å². The highest BCUT2D eigenvalue weighted by Gasteiger charge is 2.25. The first-order valence-corrected chi connectivity index (χ1v) is 8.91. The molecule has 2 heterocycles. The average molecular weight is 339 g/mol. The smallest absolute Gasteiger partial charge is 0.255 e. The number of hydrogen-bond acceptors (Lipinski definition) is 2. The molecule has 2 amide bonds. The summed E-state index contributed by atoms with van der Waals surface area (Å²) >= 11 is 0. The van der Waals surface area contributed by atoms with Crippen molar-refractivity contribution in [3.8, 4) is 0 Å². The zero-order valence-electron chi connectivity index (χ0n) is 14.9. The van der Waals surface area contributed by atoms with Gasteiger partial charge in [0.15, 0.2) is 0 Å². The van der Waals surface area contributed by atoms with E-state index in [1.165, 1.54) is 5.56 Å². The van der Waals surface area contributed by atoms with E-state index in [2.05, 4.69) is 18.8 Å². The molecule has 3 rings (SSSR count). The van der Waals surface area contributed by atoms with E-state index in [0.29, 0.717) is 37.7 Å². The molecule has 1 aliphatic heterocycles. The van der Waals surface area contributed by atoms with Crippen LogP contribution in [0.25, 0.3) is 0 Å². The quantitative estimate of drug-likeness (QED) is 0.930. The van der Waals surface area contributed by atoms with Gasteiger partial charge in [0, 0.05) is 44.1 Å². The minimum atomic E-state index is 0.0197. The van der Waals surface area contributed by atoms with Crippen LogP contribution in [0.3, 0.4) is 0 Å². The Morgan fingerprint density at radius 2 is 1.52 bits per heavy atom. The lowest BCUT2D eigenvalue weighted by Crippen LogP contribution is -2.50.